The monoisotopic (exact) mass is 292 g/mol. The molecule has 8 heteroatoms. The lowest BCUT2D eigenvalue weighted by Gasteiger charge is -2.08. The first-order valence-electron chi connectivity index (χ1n) is 6.78. The zero-order valence-electron chi connectivity index (χ0n) is 11.6. The van der Waals surface area contributed by atoms with Gasteiger partial charge in [-0.1, -0.05) is 6.92 Å². The maximum Gasteiger partial charge on any atom is 0.301 e. The summed E-state index contributed by atoms with van der Waals surface area (Å²) in [6.07, 6.45) is 4.02. The molecule has 2 rings (SSSR count). The Morgan fingerprint density at radius 3 is 2.71 bits per heavy atom. The Labute approximate surface area is 121 Å². The van der Waals surface area contributed by atoms with Crippen molar-refractivity contribution >= 4 is 22.8 Å². The molecule has 0 heterocycles. The normalized spacial score (nSPS) is 19.7. The molecule has 0 aromatic heterocycles. The average molecular weight is 292 g/mol. The van der Waals surface area contributed by atoms with Crippen molar-refractivity contribution in [2.45, 2.75) is 32.6 Å². The second kappa shape index (κ2) is 6.29. The molecule has 21 heavy (non-hydrogen) atoms. The largest absolute Gasteiger partial charge is 0.301 e. The van der Waals surface area contributed by atoms with Crippen molar-refractivity contribution in [2.24, 2.45) is 11.0 Å². The molecule has 1 aromatic carbocycles. The van der Waals surface area contributed by atoms with Gasteiger partial charge in [0.05, 0.1) is 15.9 Å². The quantitative estimate of drug-likeness (QED) is 0.659. The maximum absolute atomic E-state index is 11.0. The highest BCUT2D eigenvalue weighted by molar-refractivity contribution is 5.89. The van der Waals surface area contributed by atoms with Gasteiger partial charge in [-0.05, 0) is 37.7 Å². The first-order chi connectivity index (χ1) is 10.0. The summed E-state index contributed by atoms with van der Waals surface area (Å²) in [6, 6.07) is 3.48. The first-order valence-corrected chi connectivity index (χ1v) is 6.78. The summed E-state index contributed by atoms with van der Waals surface area (Å²) >= 11 is 0. The van der Waals surface area contributed by atoms with Gasteiger partial charge < -0.3 is 0 Å². The highest BCUT2D eigenvalue weighted by Crippen LogP contribution is 2.30. The van der Waals surface area contributed by atoms with Gasteiger partial charge in [-0.3, -0.25) is 25.7 Å². The van der Waals surface area contributed by atoms with Crippen LogP contribution in [0.15, 0.2) is 23.3 Å². The van der Waals surface area contributed by atoms with Crippen LogP contribution in [0.5, 0.6) is 0 Å². The number of hydrogen-bond donors (Lipinski definition) is 1. The van der Waals surface area contributed by atoms with Crippen molar-refractivity contribution in [1.82, 2.24) is 0 Å². The third-order valence-electron chi connectivity index (χ3n) is 3.66. The third-order valence-corrected chi connectivity index (χ3v) is 3.66. The van der Waals surface area contributed by atoms with E-state index >= 15 is 0 Å². The molecule has 0 spiro atoms. The van der Waals surface area contributed by atoms with Gasteiger partial charge in [0.25, 0.3) is 5.69 Å². The lowest BCUT2D eigenvalue weighted by molar-refractivity contribution is -0.393. The minimum Gasteiger partial charge on any atom is -0.272 e. The van der Waals surface area contributed by atoms with Gasteiger partial charge in [-0.2, -0.15) is 5.10 Å². The molecule has 0 bridgehead atoms. The number of nitro groups is 2. The lowest BCUT2D eigenvalue weighted by Crippen LogP contribution is -2.08. The maximum atomic E-state index is 11.0. The fraction of sp³-hybridized carbons (Fsp3) is 0.462. The number of non-ortho nitro benzene ring substituents is 1. The number of nitro benzene ring substituents is 2. The Kier molecular flexibility index (Phi) is 4.46. The standard InChI is InChI=1S/C13H16N4O4/c1-2-9-4-3-5-11(9)14-15-12-7-6-10(16(18)19)8-13(12)17(20)21/h6-9,15H,2-5H2,1H3. The molecule has 1 aliphatic carbocycles. The minimum atomic E-state index is -0.660. The summed E-state index contributed by atoms with van der Waals surface area (Å²) in [7, 11) is 0. The number of rotatable bonds is 5. The van der Waals surface area contributed by atoms with Gasteiger partial charge in [0, 0.05) is 11.8 Å². The molecular formula is C13H16N4O4. The van der Waals surface area contributed by atoms with Crippen LogP contribution in [0.1, 0.15) is 32.6 Å². The molecule has 1 unspecified atom stereocenters. The van der Waals surface area contributed by atoms with Crippen molar-refractivity contribution in [2.75, 3.05) is 5.43 Å². The van der Waals surface area contributed by atoms with Gasteiger partial charge in [0.1, 0.15) is 5.69 Å². The van der Waals surface area contributed by atoms with E-state index in [4.69, 9.17) is 0 Å². The van der Waals surface area contributed by atoms with Crippen LogP contribution in [0.3, 0.4) is 0 Å². The van der Waals surface area contributed by atoms with Crippen LogP contribution < -0.4 is 5.43 Å². The molecule has 1 aliphatic rings. The Hall–Kier alpha value is -2.51. The first kappa shape index (κ1) is 14.9. The van der Waals surface area contributed by atoms with E-state index in [1.807, 2.05) is 0 Å². The van der Waals surface area contributed by atoms with Gasteiger partial charge in [-0.25, -0.2) is 0 Å². The van der Waals surface area contributed by atoms with Crippen LogP contribution in [0.4, 0.5) is 17.1 Å². The molecule has 0 saturated heterocycles. The van der Waals surface area contributed by atoms with Crippen molar-refractivity contribution in [3.63, 3.8) is 0 Å². The van der Waals surface area contributed by atoms with E-state index in [1.165, 1.54) is 12.1 Å². The molecule has 112 valence electrons. The van der Waals surface area contributed by atoms with E-state index in [-0.39, 0.29) is 17.1 Å². The number of hydrazone groups is 1. The molecule has 1 N–H and O–H groups in total. The van der Waals surface area contributed by atoms with Crippen LogP contribution in [-0.2, 0) is 0 Å². The van der Waals surface area contributed by atoms with E-state index in [0.717, 1.165) is 37.5 Å². The molecule has 0 radical (unpaired) electrons. The van der Waals surface area contributed by atoms with E-state index in [1.54, 1.807) is 0 Å². The van der Waals surface area contributed by atoms with Crippen molar-refractivity contribution in [3.8, 4) is 0 Å². The second-order valence-corrected chi connectivity index (χ2v) is 4.93. The highest BCUT2D eigenvalue weighted by atomic mass is 16.6. The predicted molar refractivity (Wildman–Crippen MR) is 78.4 cm³/mol. The lowest BCUT2D eigenvalue weighted by atomic mass is 10.0. The number of benzene rings is 1. The van der Waals surface area contributed by atoms with Gasteiger partial charge in [0.15, 0.2) is 0 Å². The smallest absolute Gasteiger partial charge is 0.272 e. The predicted octanol–water partition coefficient (Wildman–Crippen LogP) is 3.48. The highest BCUT2D eigenvalue weighted by Gasteiger charge is 2.22. The van der Waals surface area contributed by atoms with E-state index in [2.05, 4.69) is 17.5 Å². The molecule has 8 nitrogen and oxygen atoms in total. The molecule has 1 atom stereocenters. The summed E-state index contributed by atoms with van der Waals surface area (Å²) < 4.78 is 0. The van der Waals surface area contributed by atoms with E-state index < -0.39 is 9.85 Å². The van der Waals surface area contributed by atoms with Crippen LogP contribution >= 0.6 is 0 Å². The van der Waals surface area contributed by atoms with Gasteiger partial charge in [-0.15, -0.1) is 0 Å². The fourth-order valence-electron chi connectivity index (χ4n) is 2.50. The summed E-state index contributed by atoms with van der Waals surface area (Å²) in [4.78, 5) is 20.4. The number of anilines is 1. The Morgan fingerprint density at radius 2 is 2.10 bits per heavy atom. The number of nitrogens with one attached hydrogen (secondary N) is 1. The average Bonchev–Trinajstić information content (AvgIpc) is 2.92. The van der Waals surface area contributed by atoms with Crippen LogP contribution in [0.2, 0.25) is 0 Å². The summed E-state index contributed by atoms with van der Waals surface area (Å²) in [5.74, 6) is 0.412. The molecule has 1 saturated carbocycles. The molecule has 0 aliphatic heterocycles. The van der Waals surface area contributed by atoms with Crippen LogP contribution in [-0.4, -0.2) is 15.6 Å². The van der Waals surface area contributed by atoms with Gasteiger partial charge >= 0.3 is 5.69 Å². The van der Waals surface area contributed by atoms with Crippen LogP contribution in [0, 0.1) is 26.1 Å². The second-order valence-electron chi connectivity index (χ2n) is 4.93. The summed E-state index contributed by atoms with van der Waals surface area (Å²) in [5, 5.41) is 25.9. The van der Waals surface area contributed by atoms with E-state index in [0.29, 0.717) is 5.92 Å². The van der Waals surface area contributed by atoms with Crippen molar-refractivity contribution < 1.29 is 9.85 Å². The Balaban J connectivity index is 2.25. The molecule has 0 amide bonds. The zero-order chi connectivity index (χ0) is 15.4. The third kappa shape index (κ3) is 3.33. The van der Waals surface area contributed by atoms with Crippen LogP contribution in [0.25, 0.3) is 0 Å². The number of hydrogen-bond acceptors (Lipinski definition) is 6. The molecular weight excluding hydrogens is 276 g/mol. The summed E-state index contributed by atoms with van der Waals surface area (Å²) in [5.41, 5.74) is 3.20. The van der Waals surface area contributed by atoms with Crippen molar-refractivity contribution in [1.29, 1.82) is 0 Å². The van der Waals surface area contributed by atoms with E-state index in [9.17, 15) is 20.2 Å². The van der Waals surface area contributed by atoms with Gasteiger partial charge in [0.2, 0.25) is 0 Å². The molecule has 1 fully saturated rings. The van der Waals surface area contributed by atoms with Crippen molar-refractivity contribution in [3.05, 3.63) is 38.4 Å². The Bertz CT molecular complexity index is 600. The Morgan fingerprint density at radius 1 is 1.33 bits per heavy atom. The molecule has 1 aromatic rings. The fourth-order valence-corrected chi connectivity index (χ4v) is 2.50. The number of nitrogens with zero attached hydrogens (tertiary/aromatic N) is 3. The SMILES string of the molecule is CCC1CCCC1=NNc1ccc([N+](=O)[O-])cc1[N+](=O)[O-]. The zero-order valence-corrected chi connectivity index (χ0v) is 11.6. The topological polar surface area (TPSA) is 111 Å². The summed E-state index contributed by atoms with van der Waals surface area (Å²) in [6.45, 7) is 2.08. The minimum absolute atomic E-state index is 0.167.